The number of benzene rings is 1. The number of nitrogens with two attached hydrogens (primary N) is 1. The lowest BCUT2D eigenvalue weighted by Gasteiger charge is -2.07. The van der Waals surface area contributed by atoms with E-state index in [-0.39, 0.29) is 11.4 Å². The van der Waals surface area contributed by atoms with Crippen LogP contribution < -0.4 is 10.5 Å². The standard InChI is InChI=1S/C13H15BrN2O2S2/c14-12-6-8-19-13(12)9-16-20(17,18)11-3-1-10(2-4-11)5-7-15/h1-4,6,8,16H,5,7,9,15H2. The van der Waals surface area contributed by atoms with Gasteiger partial charge in [0.1, 0.15) is 0 Å². The van der Waals surface area contributed by atoms with Crippen LogP contribution in [0.4, 0.5) is 0 Å². The van der Waals surface area contributed by atoms with Crippen molar-refractivity contribution in [3.63, 3.8) is 0 Å². The molecule has 0 radical (unpaired) electrons. The molecule has 20 heavy (non-hydrogen) atoms. The third-order valence-electron chi connectivity index (χ3n) is 2.78. The number of sulfonamides is 1. The van der Waals surface area contributed by atoms with Crippen LogP contribution >= 0.6 is 27.3 Å². The first-order valence-electron chi connectivity index (χ1n) is 6.03. The first kappa shape index (κ1) is 15.7. The van der Waals surface area contributed by atoms with E-state index >= 15 is 0 Å². The summed E-state index contributed by atoms with van der Waals surface area (Å²) in [6.45, 7) is 0.835. The van der Waals surface area contributed by atoms with Crippen LogP contribution in [0.1, 0.15) is 10.4 Å². The Morgan fingerprint density at radius 1 is 1.20 bits per heavy atom. The molecule has 0 unspecified atom stereocenters. The van der Waals surface area contributed by atoms with Gasteiger partial charge in [0.05, 0.1) is 4.90 Å². The molecule has 4 nitrogen and oxygen atoms in total. The highest BCUT2D eigenvalue weighted by Gasteiger charge is 2.14. The lowest BCUT2D eigenvalue weighted by atomic mass is 10.2. The Labute approximate surface area is 131 Å². The fourth-order valence-corrected chi connectivity index (χ4v) is 4.22. The third kappa shape index (κ3) is 3.89. The van der Waals surface area contributed by atoms with Gasteiger partial charge in [-0.05, 0) is 58.0 Å². The summed E-state index contributed by atoms with van der Waals surface area (Å²) >= 11 is 4.89. The van der Waals surface area contributed by atoms with Gasteiger partial charge >= 0.3 is 0 Å². The minimum absolute atomic E-state index is 0.269. The van der Waals surface area contributed by atoms with Gasteiger partial charge in [-0.3, -0.25) is 0 Å². The van der Waals surface area contributed by atoms with E-state index in [2.05, 4.69) is 20.7 Å². The summed E-state index contributed by atoms with van der Waals surface area (Å²) in [5, 5.41) is 1.91. The largest absolute Gasteiger partial charge is 0.330 e. The van der Waals surface area contributed by atoms with Crippen molar-refractivity contribution in [2.24, 2.45) is 5.73 Å². The van der Waals surface area contributed by atoms with Crippen LogP contribution in [-0.2, 0) is 23.0 Å². The first-order valence-corrected chi connectivity index (χ1v) is 9.19. The number of halogens is 1. The number of rotatable bonds is 6. The van der Waals surface area contributed by atoms with Crippen LogP contribution in [0, 0.1) is 0 Å². The summed E-state index contributed by atoms with van der Waals surface area (Å²) in [4.78, 5) is 1.22. The molecule has 0 aliphatic carbocycles. The minimum Gasteiger partial charge on any atom is -0.330 e. The summed E-state index contributed by atoms with van der Waals surface area (Å²) in [6.07, 6.45) is 0.746. The average molecular weight is 375 g/mol. The molecule has 1 aromatic carbocycles. The van der Waals surface area contributed by atoms with Crippen LogP contribution in [0.2, 0.25) is 0 Å². The molecule has 3 N–H and O–H groups in total. The molecule has 7 heteroatoms. The molecular weight excluding hydrogens is 360 g/mol. The van der Waals surface area contributed by atoms with Gasteiger partial charge in [0.15, 0.2) is 0 Å². The van der Waals surface area contributed by atoms with Crippen LogP contribution in [0.15, 0.2) is 45.1 Å². The van der Waals surface area contributed by atoms with E-state index in [0.717, 1.165) is 21.3 Å². The van der Waals surface area contributed by atoms with E-state index in [9.17, 15) is 8.42 Å². The van der Waals surface area contributed by atoms with Gasteiger partial charge in [-0.15, -0.1) is 11.3 Å². The molecule has 108 valence electrons. The zero-order valence-electron chi connectivity index (χ0n) is 10.7. The van der Waals surface area contributed by atoms with E-state index in [1.165, 1.54) is 11.3 Å². The van der Waals surface area contributed by atoms with Crippen LogP contribution in [0.3, 0.4) is 0 Å². The molecule has 0 bridgehead atoms. The molecule has 1 heterocycles. The van der Waals surface area contributed by atoms with Gasteiger partial charge in [-0.2, -0.15) is 0 Å². The molecule has 0 aliphatic heterocycles. The Balaban J connectivity index is 2.08. The molecule has 0 amide bonds. The molecule has 0 atom stereocenters. The second kappa shape index (κ2) is 6.82. The van der Waals surface area contributed by atoms with Gasteiger partial charge in [0, 0.05) is 15.9 Å². The van der Waals surface area contributed by atoms with E-state index < -0.39 is 10.0 Å². The van der Waals surface area contributed by atoms with Crippen molar-refractivity contribution in [2.45, 2.75) is 17.9 Å². The molecule has 0 aliphatic rings. The lowest BCUT2D eigenvalue weighted by Crippen LogP contribution is -2.23. The fourth-order valence-electron chi connectivity index (χ4n) is 1.70. The van der Waals surface area contributed by atoms with Crippen molar-refractivity contribution >= 4 is 37.3 Å². The Morgan fingerprint density at radius 3 is 2.45 bits per heavy atom. The maximum atomic E-state index is 12.2. The average Bonchev–Trinajstić information content (AvgIpc) is 2.83. The highest BCUT2D eigenvalue weighted by Crippen LogP contribution is 2.23. The number of hydrogen-bond acceptors (Lipinski definition) is 4. The molecule has 2 rings (SSSR count). The topological polar surface area (TPSA) is 72.2 Å². The zero-order chi connectivity index (χ0) is 14.6. The van der Waals surface area contributed by atoms with Crippen molar-refractivity contribution in [3.05, 3.63) is 50.6 Å². The van der Waals surface area contributed by atoms with Gasteiger partial charge in [0.25, 0.3) is 0 Å². The number of thiophene rings is 1. The molecule has 0 saturated heterocycles. The summed E-state index contributed by atoms with van der Waals surface area (Å²) in [5.74, 6) is 0. The first-order chi connectivity index (χ1) is 9.53. The minimum atomic E-state index is -3.48. The third-order valence-corrected chi connectivity index (χ3v) is 6.12. The highest BCUT2D eigenvalue weighted by atomic mass is 79.9. The molecule has 2 aromatic rings. The predicted molar refractivity (Wildman–Crippen MR) is 85.2 cm³/mol. The van der Waals surface area contributed by atoms with Crippen LogP contribution in [0.25, 0.3) is 0 Å². The summed E-state index contributed by atoms with van der Waals surface area (Å²) in [5.41, 5.74) is 6.50. The normalized spacial score (nSPS) is 11.7. The second-order valence-corrected chi connectivity index (χ2v) is 7.82. The predicted octanol–water partition coefficient (Wildman–Crippen LogP) is 2.49. The zero-order valence-corrected chi connectivity index (χ0v) is 13.9. The van der Waals surface area contributed by atoms with Gasteiger partial charge < -0.3 is 5.73 Å². The summed E-state index contributed by atoms with van der Waals surface area (Å²) in [7, 11) is -3.48. The molecule has 0 spiro atoms. The monoisotopic (exact) mass is 374 g/mol. The molecule has 0 fully saturated rings. The Bertz CT molecular complexity index is 666. The van der Waals surface area contributed by atoms with Crippen molar-refractivity contribution in [3.8, 4) is 0 Å². The fraction of sp³-hybridized carbons (Fsp3) is 0.231. The Kier molecular flexibility index (Phi) is 5.34. The van der Waals surface area contributed by atoms with Gasteiger partial charge in [-0.1, -0.05) is 12.1 Å². The van der Waals surface area contributed by atoms with Crippen molar-refractivity contribution in [1.82, 2.24) is 4.72 Å². The lowest BCUT2D eigenvalue weighted by molar-refractivity contribution is 0.581. The maximum Gasteiger partial charge on any atom is 0.240 e. The van der Waals surface area contributed by atoms with Crippen LogP contribution in [0.5, 0.6) is 0 Å². The van der Waals surface area contributed by atoms with E-state index in [0.29, 0.717) is 6.54 Å². The summed E-state index contributed by atoms with van der Waals surface area (Å²) in [6, 6.07) is 8.70. The molecular formula is C13H15BrN2O2S2. The quantitative estimate of drug-likeness (QED) is 0.815. The van der Waals surface area contributed by atoms with Crippen molar-refractivity contribution < 1.29 is 8.42 Å². The number of nitrogens with one attached hydrogen (secondary N) is 1. The SMILES string of the molecule is NCCc1ccc(S(=O)(=O)NCc2sccc2Br)cc1. The summed E-state index contributed by atoms with van der Waals surface area (Å²) < 4.78 is 27.8. The smallest absolute Gasteiger partial charge is 0.240 e. The van der Waals surface area contributed by atoms with Crippen LogP contribution in [-0.4, -0.2) is 15.0 Å². The van der Waals surface area contributed by atoms with Gasteiger partial charge in [0.2, 0.25) is 10.0 Å². The molecule has 1 aromatic heterocycles. The Morgan fingerprint density at radius 2 is 1.90 bits per heavy atom. The van der Waals surface area contributed by atoms with E-state index in [1.807, 2.05) is 11.4 Å². The van der Waals surface area contributed by atoms with E-state index in [1.54, 1.807) is 24.3 Å². The van der Waals surface area contributed by atoms with Gasteiger partial charge in [-0.25, -0.2) is 13.1 Å². The second-order valence-electron chi connectivity index (χ2n) is 4.20. The van der Waals surface area contributed by atoms with Crippen molar-refractivity contribution in [1.29, 1.82) is 0 Å². The van der Waals surface area contributed by atoms with Crippen molar-refractivity contribution in [2.75, 3.05) is 6.54 Å². The maximum absolute atomic E-state index is 12.2. The molecule has 0 saturated carbocycles. The highest BCUT2D eigenvalue weighted by molar-refractivity contribution is 9.10. The number of hydrogen-bond donors (Lipinski definition) is 2. The Hall–Kier alpha value is -0.730. The van der Waals surface area contributed by atoms with E-state index in [4.69, 9.17) is 5.73 Å².